The van der Waals surface area contributed by atoms with Crippen LogP contribution < -0.4 is 5.32 Å². The number of nitrogens with one attached hydrogen (secondary N) is 1. The van der Waals surface area contributed by atoms with Gasteiger partial charge in [0.1, 0.15) is 11.6 Å². The molecule has 0 saturated carbocycles. The average molecular weight is 469 g/mol. The molecule has 8 nitrogen and oxygen atoms in total. The molecule has 1 saturated heterocycles. The number of hydrogen-bond acceptors (Lipinski definition) is 8. The second kappa shape index (κ2) is 11.9. The predicted molar refractivity (Wildman–Crippen MR) is 127 cm³/mol. The van der Waals surface area contributed by atoms with Crippen molar-refractivity contribution in [2.45, 2.75) is 0 Å². The third-order valence-electron chi connectivity index (χ3n) is 5.60. The standard InChI is InChI=1S/C25H29FN4O4/c1-27-25(30-14-12-29(13-15-30)17-23(32)34-3)24(19-8-10-28-11-9-19)21(16-22(31)33-2)18-4-6-20(26)7-5-18/h4-11,16,27H,12-15,17H2,1-3H3/b21-16+,25-24+. The van der Waals surface area contributed by atoms with Crippen LogP contribution in [0.4, 0.5) is 4.39 Å². The minimum absolute atomic E-state index is 0.239. The van der Waals surface area contributed by atoms with Crippen LogP contribution in [-0.4, -0.2) is 80.7 Å². The van der Waals surface area contributed by atoms with Gasteiger partial charge in [0, 0.05) is 62.8 Å². The molecule has 180 valence electrons. The molecular weight excluding hydrogens is 439 g/mol. The molecule has 9 heteroatoms. The summed E-state index contributed by atoms with van der Waals surface area (Å²) in [5, 5.41) is 3.30. The summed E-state index contributed by atoms with van der Waals surface area (Å²) in [4.78, 5) is 32.4. The van der Waals surface area contributed by atoms with Crippen LogP contribution in [0, 0.1) is 5.82 Å². The number of benzene rings is 1. The van der Waals surface area contributed by atoms with Crippen molar-refractivity contribution in [2.75, 3.05) is 54.0 Å². The normalized spacial score (nSPS) is 15.4. The summed E-state index contributed by atoms with van der Waals surface area (Å²) >= 11 is 0. The Bertz CT molecular complexity index is 1050. The van der Waals surface area contributed by atoms with Crippen LogP contribution in [0.25, 0.3) is 11.1 Å². The van der Waals surface area contributed by atoms with E-state index in [4.69, 9.17) is 9.47 Å². The Balaban J connectivity index is 2.09. The number of hydrogen-bond donors (Lipinski definition) is 1. The van der Waals surface area contributed by atoms with Crippen molar-refractivity contribution in [3.05, 3.63) is 77.6 Å². The van der Waals surface area contributed by atoms with Crippen molar-refractivity contribution in [3.8, 4) is 0 Å². The molecule has 3 rings (SSSR count). The van der Waals surface area contributed by atoms with Crippen LogP contribution in [0.1, 0.15) is 11.1 Å². The highest BCUT2D eigenvalue weighted by molar-refractivity contribution is 6.11. The highest BCUT2D eigenvalue weighted by atomic mass is 19.1. The van der Waals surface area contributed by atoms with Gasteiger partial charge in [0.25, 0.3) is 0 Å². The molecule has 1 fully saturated rings. The number of allylic oxidation sites excluding steroid dienone is 2. The number of halogens is 1. The quantitative estimate of drug-likeness (QED) is 0.359. The van der Waals surface area contributed by atoms with E-state index in [2.05, 4.69) is 15.2 Å². The lowest BCUT2D eigenvalue weighted by Gasteiger charge is -2.38. The van der Waals surface area contributed by atoms with Crippen molar-refractivity contribution in [2.24, 2.45) is 0 Å². The highest BCUT2D eigenvalue weighted by Gasteiger charge is 2.25. The van der Waals surface area contributed by atoms with Crippen molar-refractivity contribution in [1.82, 2.24) is 20.1 Å². The Labute approximate surface area is 198 Å². The fourth-order valence-corrected chi connectivity index (χ4v) is 3.86. The lowest BCUT2D eigenvalue weighted by atomic mass is 9.91. The minimum Gasteiger partial charge on any atom is -0.468 e. The van der Waals surface area contributed by atoms with Gasteiger partial charge >= 0.3 is 11.9 Å². The van der Waals surface area contributed by atoms with Gasteiger partial charge in [0.05, 0.1) is 20.8 Å². The Kier molecular flexibility index (Phi) is 8.75. The predicted octanol–water partition coefficient (Wildman–Crippen LogP) is 2.16. The molecule has 1 N–H and O–H groups in total. The number of aromatic nitrogens is 1. The van der Waals surface area contributed by atoms with E-state index in [1.807, 2.05) is 24.1 Å². The molecule has 0 amide bonds. The summed E-state index contributed by atoms with van der Waals surface area (Å²) in [6.45, 7) is 2.86. The van der Waals surface area contributed by atoms with Gasteiger partial charge in [-0.1, -0.05) is 12.1 Å². The Hall–Kier alpha value is -3.72. The number of nitrogens with zero attached hydrogens (tertiary/aromatic N) is 3. The molecule has 0 atom stereocenters. The molecule has 0 radical (unpaired) electrons. The average Bonchev–Trinajstić information content (AvgIpc) is 2.87. The molecule has 0 unspecified atom stereocenters. The van der Waals surface area contributed by atoms with Gasteiger partial charge in [-0.3, -0.25) is 14.7 Å². The zero-order valence-corrected chi connectivity index (χ0v) is 19.6. The molecular formula is C25H29FN4O4. The number of ether oxygens (including phenoxy) is 2. The number of carbonyl (C=O) groups is 2. The maximum atomic E-state index is 13.7. The minimum atomic E-state index is -0.524. The smallest absolute Gasteiger partial charge is 0.331 e. The second-order valence-electron chi connectivity index (χ2n) is 7.64. The van der Waals surface area contributed by atoms with E-state index in [-0.39, 0.29) is 18.3 Å². The largest absolute Gasteiger partial charge is 0.468 e. The topological polar surface area (TPSA) is 84.0 Å². The fraction of sp³-hybridized carbons (Fsp3) is 0.320. The van der Waals surface area contributed by atoms with Crippen molar-refractivity contribution in [1.29, 1.82) is 0 Å². The summed E-state index contributed by atoms with van der Waals surface area (Å²) in [7, 11) is 4.51. The zero-order valence-electron chi connectivity index (χ0n) is 19.6. The van der Waals surface area contributed by atoms with Crippen LogP contribution in [0.15, 0.2) is 60.7 Å². The third kappa shape index (κ3) is 6.20. The number of esters is 2. The molecule has 1 aromatic heterocycles. The molecule has 1 aliphatic rings. The number of methoxy groups -OCH3 is 2. The van der Waals surface area contributed by atoms with E-state index < -0.39 is 5.97 Å². The Morgan fingerprint density at radius 1 is 1.00 bits per heavy atom. The van der Waals surface area contributed by atoms with Crippen molar-refractivity contribution >= 4 is 23.1 Å². The first-order chi connectivity index (χ1) is 16.5. The summed E-state index contributed by atoms with van der Waals surface area (Å²) in [6, 6.07) is 9.69. The van der Waals surface area contributed by atoms with Gasteiger partial charge in [0.2, 0.25) is 0 Å². The maximum Gasteiger partial charge on any atom is 0.331 e. The molecule has 1 aromatic carbocycles. The van der Waals surface area contributed by atoms with Gasteiger partial charge in [0.15, 0.2) is 0 Å². The lowest BCUT2D eigenvalue weighted by Crippen LogP contribution is -2.49. The molecule has 2 heterocycles. The number of carbonyl (C=O) groups excluding carboxylic acids is 2. The second-order valence-corrected chi connectivity index (χ2v) is 7.64. The van der Waals surface area contributed by atoms with Crippen LogP contribution in [0.2, 0.25) is 0 Å². The first-order valence-electron chi connectivity index (χ1n) is 10.9. The summed E-state index contributed by atoms with van der Waals surface area (Å²) in [5.74, 6) is -0.367. The lowest BCUT2D eigenvalue weighted by molar-refractivity contribution is -0.142. The fourth-order valence-electron chi connectivity index (χ4n) is 3.86. The van der Waals surface area contributed by atoms with E-state index in [9.17, 15) is 14.0 Å². The summed E-state index contributed by atoms with van der Waals surface area (Å²) in [6.07, 6.45) is 4.77. The van der Waals surface area contributed by atoms with E-state index >= 15 is 0 Å². The van der Waals surface area contributed by atoms with E-state index in [0.29, 0.717) is 37.3 Å². The van der Waals surface area contributed by atoms with Gasteiger partial charge in [-0.2, -0.15) is 0 Å². The van der Waals surface area contributed by atoms with Crippen molar-refractivity contribution < 1.29 is 23.5 Å². The number of rotatable bonds is 8. The zero-order chi connectivity index (χ0) is 24.5. The van der Waals surface area contributed by atoms with Gasteiger partial charge in [-0.05, 0) is 35.4 Å². The number of pyridine rings is 1. The molecule has 2 aromatic rings. The highest BCUT2D eigenvalue weighted by Crippen LogP contribution is 2.34. The van der Waals surface area contributed by atoms with Crippen LogP contribution in [0.5, 0.6) is 0 Å². The van der Waals surface area contributed by atoms with Crippen LogP contribution >= 0.6 is 0 Å². The van der Waals surface area contributed by atoms with Crippen LogP contribution in [-0.2, 0) is 19.1 Å². The maximum absolute atomic E-state index is 13.7. The van der Waals surface area contributed by atoms with Crippen LogP contribution in [0.3, 0.4) is 0 Å². The Morgan fingerprint density at radius 2 is 1.65 bits per heavy atom. The summed E-state index contributed by atoms with van der Waals surface area (Å²) in [5.41, 5.74) is 2.83. The number of piperazine rings is 1. The SMILES string of the molecule is CN/C(=C(\C(=C\C(=O)OC)c1ccc(F)cc1)c1ccncc1)N1CCN(CC(=O)OC)CC1. The van der Waals surface area contributed by atoms with Crippen molar-refractivity contribution in [3.63, 3.8) is 0 Å². The van der Waals surface area contributed by atoms with E-state index in [1.165, 1.54) is 32.4 Å². The molecule has 1 aliphatic heterocycles. The van der Waals surface area contributed by atoms with Gasteiger partial charge < -0.3 is 19.7 Å². The molecule has 0 spiro atoms. The van der Waals surface area contributed by atoms with Gasteiger partial charge in [-0.25, -0.2) is 9.18 Å². The van der Waals surface area contributed by atoms with Gasteiger partial charge in [-0.15, -0.1) is 0 Å². The first kappa shape index (κ1) is 24.9. The monoisotopic (exact) mass is 468 g/mol. The van der Waals surface area contributed by atoms with E-state index in [1.54, 1.807) is 24.5 Å². The third-order valence-corrected chi connectivity index (χ3v) is 5.60. The molecule has 0 bridgehead atoms. The molecule has 34 heavy (non-hydrogen) atoms. The van der Waals surface area contributed by atoms with E-state index in [0.717, 1.165) is 17.0 Å². The summed E-state index contributed by atoms with van der Waals surface area (Å²) < 4.78 is 23.4. The Morgan fingerprint density at radius 3 is 2.21 bits per heavy atom. The first-order valence-corrected chi connectivity index (χ1v) is 10.9. The molecule has 0 aliphatic carbocycles.